The van der Waals surface area contributed by atoms with Crippen LogP contribution in [0.4, 0.5) is 0 Å². The lowest BCUT2D eigenvalue weighted by Gasteiger charge is -2.43. The van der Waals surface area contributed by atoms with Crippen molar-refractivity contribution in [2.24, 2.45) is 0 Å². The normalized spacial score (nSPS) is 12.5. The van der Waals surface area contributed by atoms with Gasteiger partial charge in [-0.15, -0.1) is 0 Å². The minimum absolute atomic E-state index is 0.319. The van der Waals surface area contributed by atoms with Gasteiger partial charge in [0.05, 0.1) is 44.8 Å². The number of hydrogen-bond donors (Lipinski definition) is 0. The van der Waals surface area contributed by atoms with Gasteiger partial charge in [0.1, 0.15) is 23.1 Å². The Morgan fingerprint density at radius 3 is 1.19 bits per heavy atom. The maximum atomic E-state index is 7.92. The highest BCUT2D eigenvalue weighted by Crippen LogP contribution is 2.53. The van der Waals surface area contributed by atoms with E-state index in [1.165, 1.54) is 15.6 Å². The van der Waals surface area contributed by atoms with Crippen LogP contribution in [0.1, 0.15) is 22.8 Å². The van der Waals surface area contributed by atoms with Gasteiger partial charge < -0.3 is 4.74 Å². The fourth-order valence-electron chi connectivity index (χ4n) is 15.5. The van der Waals surface area contributed by atoms with Crippen LogP contribution in [0.25, 0.3) is 101 Å². The summed E-state index contributed by atoms with van der Waals surface area (Å²) < 4.78 is 12.5. The summed E-state index contributed by atoms with van der Waals surface area (Å²) in [5.41, 5.74) is 17.3. The van der Waals surface area contributed by atoms with Crippen molar-refractivity contribution in [3.05, 3.63) is 381 Å². The molecule has 0 bridgehead atoms. The van der Waals surface area contributed by atoms with Crippen molar-refractivity contribution in [1.29, 1.82) is 0 Å². The van der Waals surface area contributed by atoms with E-state index in [-0.39, 0.29) is 0 Å². The smallest absolute Gasteiger partial charge is 0.220 e. The Kier molecular flexibility index (Phi) is 14.8. The van der Waals surface area contributed by atoms with Crippen LogP contribution in [-0.4, -0.2) is 42.0 Å². The minimum Gasteiger partial charge on any atom is -0.457 e. The van der Waals surface area contributed by atoms with Crippen LogP contribution in [0.15, 0.2) is 358 Å². The molecule has 0 fully saturated rings. The summed E-state index contributed by atoms with van der Waals surface area (Å²) in [5.74, 6) is 3.69. The molecule has 0 unspecified atom stereocenters. The van der Waals surface area contributed by atoms with Crippen LogP contribution >= 0.6 is 0 Å². The van der Waals surface area contributed by atoms with Crippen molar-refractivity contribution in [3.8, 4) is 84.5 Å². The number of para-hydroxylation sites is 6. The molecule has 0 aliphatic carbocycles. The Hall–Kier alpha value is -12.7. The van der Waals surface area contributed by atoms with Crippen LogP contribution in [0.2, 0.25) is 0 Å². The summed E-state index contributed by atoms with van der Waals surface area (Å²) in [6.07, 6.45) is 0.638. The molecular formula is C90H63N7OSi. The van der Waals surface area contributed by atoms with E-state index in [2.05, 4.69) is 367 Å². The second-order valence-electron chi connectivity index (χ2n) is 25.4. The fraction of sp³-hybridized carbons (Fsp3) is 0.0333. The first-order valence-electron chi connectivity index (χ1n) is 33.7. The largest absolute Gasteiger partial charge is 0.457 e. The minimum atomic E-state index is -3.59. The van der Waals surface area contributed by atoms with Crippen molar-refractivity contribution in [3.63, 3.8) is 0 Å². The van der Waals surface area contributed by atoms with Gasteiger partial charge in [0.25, 0.3) is 0 Å². The van der Waals surface area contributed by atoms with Crippen molar-refractivity contribution < 1.29 is 4.74 Å². The lowest BCUT2D eigenvalue weighted by molar-refractivity contribution is 0.380. The molecule has 0 radical (unpaired) electrons. The topological polar surface area (TPSA) is 83.0 Å². The zero-order chi connectivity index (χ0) is 65.7. The van der Waals surface area contributed by atoms with E-state index in [1.54, 1.807) is 0 Å². The number of benzene rings is 13. The monoisotopic (exact) mass is 1290 g/mol. The molecule has 1 aliphatic rings. The van der Waals surface area contributed by atoms with Crippen molar-refractivity contribution in [2.75, 3.05) is 0 Å². The van der Waals surface area contributed by atoms with Crippen molar-refractivity contribution in [1.82, 2.24) is 33.9 Å². The Labute approximate surface area is 575 Å². The van der Waals surface area contributed by atoms with E-state index in [9.17, 15) is 0 Å². The van der Waals surface area contributed by atoms with Crippen molar-refractivity contribution in [2.45, 2.75) is 18.3 Å². The number of fused-ring (bicyclic) bond motifs is 7. The van der Waals surface area contributed by atoms with E-state index >= 15 is 0 Å². The first-order chi connectivity index (χ1) is 49.1. The Balaban J connectivity index is 0.950. The second-order valence-corrected chi connectivity index (χ2v) is 29.2. The molecule has 13 aromatic carbocycles. The average molecular weight is 1290 g/mol. The number of nitrogens with zero attached hydrogens (tertiary/aromatic N) is 7. The van der Waals surface area contributed by atoms with Crippen LogP contribution in [0.5, 0.6) is 11.5 Å². The summed E-state index contributed by atoms with van der Waals surface area (Å²) >= 11 is 0. The highest BCUT2D eigenvalue weighted by Gasteiger charge is 2.50. The molecule has 0 spiro atoms. The Morgan fingerprint density at radius 2 is 0.697 bits per heavy atom. The van der Waals surface area contributed by atoms with Crippen molar-refractivity contribution >= 4 is 56.7 Å². The predicted octanol–water partition coefficient (Wildman–Crippen LogP) is 18.3. The molecule has 9 heteroatoms. The number of rotatable bonds is 15. The van der Waals surface area contributed by atoms with Crippen LogP contribution in [-0.2, 0) is 18.3 Å². The zero-order valence-electron chi connectivity index (χ0n) is 54.0. The van der Waals surface area contributed by atoms with Gasteiger partial charge in [0.15, 0.2) is 8.07 Å². The second kappa shape index (κ2) is 24.8. The summed E-state index contributed by atoms with van der Waals surface area (Å²) in [7, 11) is -3.59. The number of ether oxygens (including phenoxy) is 1. The maximum absolute atomic E-state index is 7.92. The molecule has 17 aromatic rings. The molecule has 4 aromatic heterocycles. The van der Waals surface area contributed by atoms with Gasteiger partial charge in [-0.05, 0) is 74.3 Å². The van der Waals surface area contributed by atoms with Crippen LogP contribution in [0.3, 0.4) is 0 Å². The maximum Gasteiger partial charge on any atom is 0.220 e. The van der Waals surface area contributed by atoms with Gasteiger partial charge in [-0.3, -0.25) is 8.97 Å². The van der Waals surface area contributed by atoms with E-state index in [4.69, 9.17) is 29.7 Å². The van der Waals surface area contributed by atoms with Gasteiger partial charge in [0.2, 0.25) is 5.78 Å². The third-order valence-corrected chi connectivity index (χ3v) is 24.5. The molecule has 468 valence electrons. The Bertz CT molecular complexity index is 5480. The number of aromatic nitrogens is 7. The van der Waals surface area contributed by atoms with Gasteiger partial charge in [-0.2, -0.15) is 0 Å². The lowest BCUT2D eigenvalue weighted by Crippen LogP contribution is -2.75. The predicted molar refractivity (Wildman–Crippen MR) is 405 cm³/mol. The SMILES string of the molecule is c1ccc(-c2nc(CC3(Cc4nc(-c5ccccc5)c(-c5ccccc5)c(-c5ccccc5)n4)c4ccccc4Oc4c3cccc4[Si](c3ccccc3)(c3ccccc3)c3cccc(-n4c5ccccc5n5c6ccccc6nc45)c3)nc(-c3ccccc3)c2-c2ccccc2)cc1. The van der Waals surface area contributed by atoms with Gasteiger partial charge in [-0.25, -0.2) is 24.9 Å². The van der Waals surface area contributed by atoms with E-state index in [0.29, 0.717) is 24.5 Å². The third kappa shape index (κ3) is 10.1. The molecule has 0 amide bonds. The fourth-order valence-corrected chi connectivity index (χ4v) is 20.4. The Morgan fingerprint density at radius 1 is 0.313 bits per heavy atom. The molecule has 0 atom stereocenters. The molecule has 18 rings (SSSR count). The molecular weight excluding hydrogens is 1220 g/mol. The highest BCUT2D eigenvalue weighted by atomic mass is 28.3. The third-order valence-electron chi connectivity index (χ3n) is 19.8. The summed E-state index contributed by atoms with van der Waals surface area (Å²) in [6, 6.07) is 128. The van der Waals surface area contributed by atoms with E-state index in [0.717, 1.165) is 129 Å². The van der Waals surface area contributed by atoms with Gasteiger partial charge in [-0.1, -0.05) is 315 Å². The molecule has 0 saturated heterocycles. The van der Waals surface area contributed by atoms with Gasteiger partial charge in [0, 0.05) is 68.5 Å². The molecule has 5 heterocycles. The molecule has 99 heavy (non-hydrogen) atoms. The summed E-state index contributed by atoms with van der Waals surface area (Å²) in [4.78, 5) is 29.1. The lowest BCUT2D eigenvalue weighted by atomic mass is 9.67. The summed E-state index contributed by atoms with van der Waals surface area (Å²) in [6.45, 7) is 0. The van der Waals surface area contributed by atoms with Crippen LogP contribution in [0, 0.1) is 0 Å². The van der Waals surface area contributed by atoms with Crippen LogP contribution < -0.4 is 25.5 Å². The van der Waals surface area contributed by atoms with E-state index < -0.39 is 13.5 Å². The van der Waals surface area contributed by atoms with Gasteiger partial charge >= 0.3 is 0 Å². The first-order valence-corrected chi connectivity index (χ1v) is 35.7. The standard InChI is InChI=1S/C90H63N7OSi/c1-9-33-62(34-10-1)82-84(64-37-13-3-14-38-64)92-80(93-85(82)65-39-15-4-16-40-65)60-90(61-81-94-86(66-41-17-5-18-42-66)83(63-35-11-2-12-36-63)87(95-81)67-43-19-6-20-44-67)72-51-25-30-57-78(72)98-88-73(90)52-32-58-79(88)99(69-46-21-7-22-47-69,70-48-23-8-24-49-70)71-50-31-45-68(59-71)96-76-55-28-29-56-77(76)97-75-54-27-26-53-74(75)91-89(96)97/h1-59H,60-61H2. The molecule has 8 nitrogen and oxygen atoms in total. The average Bonchev–Trinajstić information content (AvgIpc) is 0.870. The quantitative estimate of drug-likeness (QED) is 0.0751. The molecule has 1 aliphatic heterocycles. The summed E-state index contributed by atoms with van der Waals surface area (Å²) in [5, 5.41) is 4.66. The highest BCUT2D eigenvalue weighted by molar-refractivity contribution is 7.20. The first kappa shape index (κ1) is 58.9. The number of imidazole rings is 2. The number of hydrogen-bond acceptors (Lipinski definition) is 6. The molecule has 0 saturated carbocycles. The molecule has 0 N–H and O–H groups in total. The zero-order valence-corrected chi connectivity index (χ0v) is 55.0. The van der Waals surface area contributed by atoms with E-state index in [1.807, 2.05) is 0 Å².